The van der Waals surface area contributed by atoms with Crippen LogP contribution in [0.15, 0.2) is 0 Å². The fourth-order valence-corrected chi connectivity index (χ4v) is 4.35. The highest BCUT2D eigenvalue weighted by atomic mass is 32.2. The standard InChI is InChI=1S/C14H28N2OS/c1-11(2)18-10-13(16-15)12-5-8-17-14(9-12)6-3-4-7-14/h11-13,16H,3-10,15H2,1-2H3. The topological polar surface area (TPSA) is 47.3 Å². The van der Waals surface area contributed by atoms with Gasteiger partial charge in [0.1, 0.15) is 0 Å². The van der Waals surface area contributed by atoms with Crippen LogP contribution in [-0.2, 0) is 4.74 Å². The van der Waals surface area contributed by atoms with Gasteiger partial charge in [0.25, 0.3) is 0 Å². The molecule has 3 nitrogen and oxygen atoms in total. The van der Waals surface area contributed by atoms with Crippen molar-refractivity contribution in [1.29, 1.82) is 0 Å². The van der Waals surface area contributed by atoms with Gasteiger partial charge in [-0.25, -0.2) is 0 Å². The van der Waals surface area contributed by atoms with E-state index in [1.54, 1.807) is 0 Å². The smallest absolute Gasteiger partial charge is 0.0685 e. The monoisotopic (exact) mass is 272 g/mol. The molecule has 1 saturated heterocycles. The SMILES string of the molecule is CC(C)SCC(NN)C1CCOC2(CCCC2)C1. The first kappa shape index (κ1) is 14.6. The van der Waals surface area contributed by atoms with E-state index >= 15 is 0 Å². The zero-order valence-corrected chi connectivity index (χ0v) is 12.6. The zero-order valence-electron chi connectivity index (χ0n) is 11.8. The van der Waals surface area contributed by atoms with E-state index in [9.17, 15) is 0 Å². The molecular weight excluding hydrogens is 244 g/mol. The lowest BCUT2D eigenvalue weighted by Gasteiger charge is -2.41. The lowest BCUT2D eigenvalue weighted by atomic mass is 9.81. The summed E-state index contributed by atoms with van der Waals surface area (Å²) in [7, 11) is 0. The molecule has 2 unspecified atom stereocenters. The number of nitrogens with one attached hydrogen (secondary N) is 1. The number of ether oxygens (including phenoxy) is 1. The Morgan fingerprint density at radius 3 is 2.72 bits per heavy atom. The van der Waals surface area contributed by atoms with E-state index in [4.69, 9.17) is 10.6 Å². The Morgan fingerprint density at radius 2 is 2.11 bits per heavy atom. The molecule has 1 saturated carbocycles. The largest absolute Gasteiger partial charge is 0.375 e. The van der Waals surface area contributed by atoms with E-state index in [1.165, 1.54) is 32.1 Å². The molecule has 1 aliphatic carbocycles. The van der Waals surface area contributed by atoms with Crippen LogP contribution < -0.4 is 11.3 Å². The van der Waals surface area contributed by atoms with Crippen LogP contribution >= 0.6 is 11.8 Å². The highest BCUT2D eigenvalue weighted by Crippen LogP contribution is 2.43. The van der Waals surface area contributed by atoms with Crippen LogP contribution in [0.1, 0.15) is 52.4 Å². The Bertz CT molecular complexity index is 254. The summed E-state index contributed by atoms with van der Waals surface area (Å²) in [5, 5.41) is 0.682. The lowest BCUT2D eigenvalue weighted by molar-refractivity contribution is -0.0967. The lowest BCUT2D eigenvalue weighted by Crippen LogP contribution is -2.49. The Morgan fingerprint density at radius 1 is 1.39 bits per heavy atom. The van der Waals surface area contributed by atoms with E-state index in [0.29, 0.717) is 17.2 Å². The van der Waals surface area contributed by atoms with Crippen molar-refractivity contribution in [2.24, 2.45) is 11.8 Å². The Kier molecular flexibility index (Phi) is 5.36. The molecule has 0 aromatic carbocycles. The number of hydrogen-bond donors (Lipinski definition) is 2. The van der Waals surface area contributed by atoms with Gasteiger partial charge in [-0.2, -0.15) is 11.8 Å². The fourth-order valence-electron chi connectivity index (χ4n) is 3.39. The second kappa shape index (κ2) is 6.60. The van der Waals surface area contributed by atoms with Gasteiger partial charge in [-0.3, -0.25) is 11.3 Å². The van der Waals surface area contributed by atoms with Crippen molar-refractivity contribution in [3.05, 3.63) is 0 Å². The van der Waals surface area contributed by atoms with Crippen LogP contribution in [0.25, 0.3) is 0 Å². The molecule has 2 fully saturated rings. The molecule has 0 aromatic rings. The maximum absolute atomic E-state index is 6.10. The maximum atomic E-state index is 6.10. The normalized spacial score (nSPS) is 29.0. The summed E-state index contributed by atoms with van der Waals surface area (Å²) in [6, 6.07) is 0.443. The van der Waals surface area contributed by atoms with Crippen molar-refractivity contribution in [2.75, 3.05) is 12.4 Å². The fraction of sp³-hybridized carbons (Fsp3) is 1.00. The van der Waals surface area contributed by atoms with E-state index in [1.807, 2.05) is 11.8 Å². The van der Waals surface area contributed by atoms with Crippen LogP contribution in [0.2, 0.25) is 0 Å². The van der Waals surface area contributed by atoms with Gasteiger partial charge in [-0.15, -0.1) is 0 Å². The van der Waals surface area contributed by atoms with Gasteiger partial charge < -0.3 is 4.74 Å². The average Bonchev–Trinajstić information content (AvgIpc) is 2.78. The van der Waals surface area contributed by atoms with Gasteiger partial charge in [0, 0.05) is 18.4 Å². The summed E-state index contributed by atoms with van der Waals surface area (Å²) in [6.45, 7) is 5.43. The van der Waals surface area contributed by atoms with Crippen molar-refractivity contribution in [1.82, 2.24) is 5.43 Å². The van der Waals surface area contributed by atoms with Crippen molar-refractivity contribution in [3.63, 3.8) is 0 Å². The van der Waals surface area contributed by atoms with Gasteiger partial charge in [0.2, 0.25) is 0 Å². The number of nitrogens with two attached hydrogens (primary N) is 1. The predicted octanol–water partition coefficient (Wildman–Crippen LogP) is 2.70. The number of rotatable bonds is 5. The summed E-state index contributed by atoms with van der Waals surface area (Å²) < 4.78 is 6.10. The minimum Gasteiger partial charge on any atom is -0.375 e. The van der Waals surface area contributed by atoms with Crippen molar-refractivity contribution in [2.45, 2.75) is 69.3 Å². The third-order valence-electron chi connectivity index (χ3n) is 4.44. The van der Waals surface area contributed by atoms with Gasteiger partial charge in [-0.1, -0.05) is 26.7 Å². The minimum atomic E-state index is 0.209. The molecule has 2 atom stereocenters. The Balaban J connectivity index is 1.89. The molecular formula is C14H28N2OS. The highest BCUT2D eigenvalue weighted by Gasteiger charge is 2.41. The first-order valence-electron chi connectivity index (χ1n) is 7.37. The highest BCUT2D eigenvalue weighted by molar-refractivity contribution is 7.99. The van der Waals surface area contributed by atoms with Gasteiger partial charge >= 0.3 is 0 Å². The van der Waals surface area contributed by atoms with Crippen LogP contribution in [0.3, 0.4) is 0 Å². The van der Waals surface area contributed by atoms with Crippen molar-refractivity contribution < 1.29 is 4.74 Å². The summed E-state index contributed by atoms with van der Waals surface area (Å²) in [5.74, 6) is 7.58. The van der Waals surface area contributed by atoms with E-state index in [0.717, 1.165) is 18.8 Å². The van der Waals surface area contributed by atoms with Crippen LogP contribution in [-0.4, -0.2) is 29.3 Å². The molecule has 1 heterocycles. The minimum absolute atomic E-state index is 0.209. The Labute approximate surface area is 116 Å². The summed E-state index contributed by atoms with van der Waals surface area (Å²) >= 11 is 2.01. The average molecular weight is 272 g/mol. The zero-order chi connectivity index (χ0) is 13.0. The number of hydrazine groups is 1. The Hall–Kier alpha value is 0.230. The van der Waals surface area contributed by atoms with Gasteiger partial charge in [0.05, 0.1) is 5.60 Å². The molecule has 1 spiro atoms. The van der Waals surface area contributed by atoms with Crippen LogP contribution in [0.5, 0.6) is 0 Å². The molecule has 1 aliphatic heterocycles. The summed E-state index contributed by atoms with van der Waals surface area (Å²) in [5.41, 5.74) is 3.27. The van der Waals surface area contributed by atoms with Crippen molar-refractivity contribution in [3.8, 4) is 0 Å². The molecule has 0 amide bonds. The second-order valence-electron chi connectivity index (χ2n) is 6.15. The molecule has 0 aromatic heterocycles. The van der Waals surface area contributed by atoms with E-state index in [-0.39, 0.29) is 5.60 Å². The first-order valence-corrected chi connectivity index (χ1v) is 8.42. The number of thioether (sulfide) groups is 1. The second-order valence-corrected chi connectivity index (χ2v) is 7.76. The maximum Gasteiger partial charge on any atom is 0.0685 e. The number of hydrogen-bond acceptors (Lipinski definition) is 4. The third kappa shape index (κ3) is 3.62. The molecule has 18 heavy (non-hydrogen) atoms. The molecule has 0 bridgehead atoms. The van der Waals surface area contributed by atoms with E-state index < -0.39 is 0 Å². The third-order valence-corrected chi connectivity index (χ3v) is 5.66. The van der Waals surface area contributed by atoms with Gasteiger partial charge in [-0.05, 0) is 36.9 Å². The summed E-state index contributed by atoms with van der Waals surface area (Å²) in [6.07, 6.45) is 7.58. The quantitative estimate of drug-likeness (QED) is 0.597. The van der Waals surface area contributed by atoms with Crippen molar-refractivity contribution >= 4 is 11.8 Å². The molecule has 2 rings (SSSR count). The summed E-state index contributed by atoms with van der Waals surface area (Å²) in [4.78, 5) is 0. The molecule has 3 N–H and O–H groups in total. The molecule has 0 radical (unpaired) electrons. The van der Waals surface area contributed by atoms with E-state index in [2.05, 4.69) is 19.3 Å². The van der Waals surface area contributed by atoms with Crippen LogP contribution in [0, 0.1) is 5.92 Å². The van der Waals surface area contributed by atoms with Gasteiger partial charge in [0.15, 0.2) is 0 Å². The first-order chi connectivity index (χ1) is 8.65. The molecule has 2 aliphatic rings. The molecule has 106 valence electrons. The predicted molar refractivity (Wildman–Crippen MR) is 78.6 cm³/mol. The van der Waals surface area contributed by atoms with Crippen LogP contribution in [0.4, 0.5) is 0 Å². The molecule has 4 heteroatoms.